The van der Waals surface area contributed by atoms with E-state index in [9.17, 15) is 8.78 Å². The SMILES string of the molecule is Cc1ccc(F)c(NCC2CCCC(C)C2)c1F. The molecule has 2 rings (SSSR count). The lowest BCUT2D eigenvalue weighted by Gasteiger charge is -2.27. The van der Waals surface area contributed by atoms with Crippen molar-refractivity contribution in [1.29, 1.82) is 0 Å². The van der Waals surface area contributed by atoms with Crippen molar-refractivity contribution in [3.63, 3.8) is 0 Å². The summed E-state index contributed by atoms with van der Waals surface area (Å²) >= 11 is 0. The number of aryl methyl sites for hydroxylation is 1. The molecule has 1 N–H and O–H groups in total. The molecule has 0 bridgehead atoms. The van der Waals surface area contributed by atoms with E-state index in [1.54, 1.807) is 6.92 Å². The standard InChI is InChI=1S/C15H21F2N/c1-10-4-3-5-12(8-10)9-18-15-13(16)7-6-11(2)14(15)17/h6-7,10,12,18H,3-5,8-9H2,1-2H3. The molecule has 100 valence electrons. The third-order valence-electron chi connectivity index (χ3n) is 3.90. The van der Waals surface area contributed by atoms with Crippen molar-refractivity contribution >= 4 is 5.69 Å². The van der Waals surface area contributed by atoms with Crippen molar-refractivity contribution < 1.29 is 8.78 Å². The Labute approximate surface area is 108 Å². The Hall–Kier alpha value is -1.12. The minimum Gasteiger partial charge on any atom is -0.380 e. The topological polar surface area (TPSA) is 12.0 Å². The summed E-state index contributed by atoms with van der Waals surface area (Å²) in [7, 11) is 0. The molecule has 1 aliphatic rings. The van der Waals surface area contributed by atoms with Gasteiger partial charge >= 0.3 is 0 Å². The quantitative estimate of drug-likeness (QED) is 0.835. The summed E-state index contributed by atoms with van der Waals surface area (Å²) in [6.07, 6.45) is 4.82. The van der Waals surface area contributed by atoms with Crippen molar-refractivity contribution in [2.75, 3.05) is 11.9 Å². The molecule has 0 spiro atoms. The van der Waals surface area contributed by atoms with Gasteiger partial charge in [-0.05, 0) is 43.2 Å². The molecule has 1 aliphatic carbocycles. The molecule has 0 radical (unpaired) electrons. The van der Waals surface area contributed by atoms with Crippen molar-refractivity contribution in [1.82, 2.24) is 0 Å². The van der Waals surface area contributed by atoms with Crippen LogP contribution in [0.4, 0.5) is 14.5 Å². The summed E-state index contributed by atoms with van der Waals surface area (Å²) in [5, 5.41) is 2.96. The van der Waals surface area contributed by atoms with E-state index in [0.717, 1.165) is 18.8 Å². The minimum atomic E-state index is -0.498. The van der Waals surface area contributed by atoms with Crippen LogP contribution in [-0.2, 0) is 0 Å². The predicted molar refractivity (Wildman–Crippen MR) is 70.7 cm³/mol. The highest BCUT2D eigenvalue weighted by Crippen LogP contribution is 2.29. The maximum absolute atomic E-state index is 13.8. The average Bonchev–Trinajstić information content (AvgIpc) is 2.34. The van der Waals surface area contributed by atoms with E-state index in [0.29, 0.717) is 18.0 Å². The van der Waals surface area contributed by atoms with Crippen LogP contribution in [0.15, 0.2) is 12.1 Å². The van der Waals surface area contributed by atoms with Gasteiger partial charge in [-0.1, -0.05) is 25.8 Å². The molecule has 3 heteroatoms. The Balaban J connectivity index is 1.99. The molecule has 0 aromatic heterocycles. The van der Waals surface area contributed by atoms with Crippen LogP contribution in [0.25, 0.3) is 0 Å². The zero-order valence-electron chi connectivity index (χ0n) is 11.1. The molecule has 1 aromatic carbocycles. The van der Waals surface area contributed by atoms with Gasteiger partial charge in [0.15, 0.2) is 5.82 Å². The second-order valence-electron chi connectivity index (χ2n) is 5.57. The van der Waals surface area contributed by atoms with E-state index in [2.05, 4.69) is 12.2 Å². The fourth-order valence-electron chi connectivity index (χ4n) is 2.81. The van der Waals surface area contributed by atoms with E-state index < -0.39 is 11.6 Å². The summed E-state index contributed by atoms with van der Waals surface area (Å²) in [5.41, 5.74) is 0.518. The van der Waals surface area contributed by atoms with Gasteiger partial charge in [0.1, 0.15) is 11.5 Å². The van der Waals surface area contributed by atoms with Gasteiger partial charge in [-0.2, -0.15) is 0 Å². The Bertz CT molecular complexity index is 417. The third-order valence-corrected chi connectivity index (χ3v) is 3.90. The van der Waals surface area contributed by atoms with Gasteiger partial charge in [0, 0.05) is 6.54 Å². The first-order chi connectivity index (χ1) is 8.58. The van der Waals surface area contributed by atoms with Gasteiger partial charge in [-0.25, -0.2) is 8.78 Å². The number of halogens is 2. The van der Waals surface area contributed by atoms with Crippen LogP contribution < -0.4 is 5.32 Å². The van der Waals surface area contributed by atoms with Crippen molar-refractivity contribution in [2.45, 2.75) is 39.5 Å². The second-order valence-corrected chi connectivity index (χ2v) is 5.57. The third kappa shape index (κ3) is 3.01. The van der Waals surface area contributed by atoms with E-state index in [-0.39, 0.29) is 5.69 Å². The minimum absolute atomic E-state index is 0.0354. The highest BCUT2D eigenvalue weighted by Gasteiger charge is 2.20. The molecular weight excluding hydrogens is 232 g/mol. The van der Waals surface area contributed by atoms with Crippen LogP contribution >= 0.6 is 0 Å². The van der Waals surface area contributed by atoms with Crippen LogP contribution in [0.5, 0.6) is 0 Å². The summed E-state index contributed by atoms with van der Waals surface area (Å²) in [6.45, 7) is 4.57. The molecule has 0 aliphatic heterocycles. The fraction of sp³-hybridized carbons (Fsp3) is 0.600. The second kappa shape index (κ2) is 5.68. The Morgan fingerprint density at radius 2 is 2.06 bits per heavy atom. The smallest absolute Gasteiger partial charge is 0.152 e. The molecular formula is C15H21F2N. The van der Waals surface area contributed by atoms with Crippen LogP contribution in [-0.4, -0.2) is 6.54 Å². The van der Waals surface area contributed by atoms with Gasteiger partial charge in [-0.3, -0.25) is 0 Å². The molecule has 0 heterocycles. The fourth-order valence-corrected chi connectivity index (χ4v) is 2.81. The zero-order valence-corrected chi connectivity index (χ0v) is 11.1. The molecule has 2 unspecified atom stereocenters. The van der Waals surface area contributed by atoms with Gasteiger partial charge in [-0.15, -0.1) is 0 Å². The molecule has 1 nitrogen and oxygen atoms in total. The molecule has 1 aromatic rings. The van der Waals surface area contributed by atoms with Gasteiger partial charge in [0.05, 0.1) is 0 Å². The van der Waals surface area contributed by atoms with E-state index >= 15 is 0 Å². The maximum atomic E-state index is 13.8. The Morgan fingerprint density at radius 1 is 1.28 bits per heavy atom. The van der Waals surface area contributed by atoms with E-state index in [1.165, 1.54) is 25.0 Å². The number of rotatable bonds is 3. The van der Waals surface area contributed by atoms with Crippen LogP contribution in [0.3, 0.4) is 0 Å². The Morgan fingerprint density at radius 3 is 2.78 bits per heavy atom. The van der Waals surface area contributed by atoms with Gasteiger partial charge in [0.2, 0.25) is 0 Å². The molecule has 18 heavy (non-hydrogen) atoms. The first kappa shape index (κ1) is 13.3. The monoisotopic (exact) mass is 253 g/mol. The number of hydrogen-bond acceptors (Lipinski definition) is 1. The van der Waals surface area contributed by atoms with Crippen molar-refractivity contribution in [3.8, 4) is 0 Å². The molecule has 1 saturated carbocycles. The zero-order chi connectivity index (χ0) is 13.1. The first-order valence-corrected chi connectivity index (χ1v) is 6.76. The van der Waals surface area contributed by atoms with Crippen LogP contribution in [0, 0.1) is 30.4 Å². The normalized spacial score (nSPS) is 24.0. The summed E-state index contributed by atoms with van der Waals surface area (Å²) in [6, 6.07) is 2.79. The molecule has 0 amide bonds. The van der Waals surface area contributed by atoms with E-state index in [4.69, 9.17) is 0 Å². The highest BCUT2D eigenvalue weighted by atomic mass is 19.1. The summed E-state index contributed by atoms with van der Waals surface area (Å²) in [5.74, 6) is 0.312. The maximum Gasteiger partial charge on any atom is 0.152 e. The van der Waals surface area contributed by atoms with Crippen molar-refractivity contribution in [2.24, 2.45) is 11.8 Å². The predicted octanol–water partition coefficient (Wildman–Crippen LogP) is 4.51. The number of anilines is 1. The lowest BCUT2D eigenvalue weighted by atomic mass is 9.82. The van der Waals surface area contributed by atoms with Crippen LogP contribution in [0.1, 0.15) is 38.2 Å². The lowest BCUT2D eigenvalue weighted by Crippen LogP contribution is -2.21. The van der Waals surface area contributed by atoms with E-state index in [1.807, 2.05) is 0 Å². The van der Waals surface area contributed by atoms with Gasteiger partial charge in [0.25, 0.3) is 0 Å². The Kier molecular flexibility index (Phi) is 4.20. The molecule has 0 saturated heterocycles. The van der Waals surface area contributed by atoms with Crippen LogP contribution in [0.2, 0.25) is 0 Å². The average molecular weight is 253 g/mol. The summed E-state index contributed by atoms with van der Waals surface area (Å²) in [4.78, 5) is 0. The summed E-state index contributed by atoms with van der Waals surface area (Å²) < 4.78 is 27.3. The number of hydrogen-bond donors (Lipinski definition) is 1. The lowest BCUT2D eigenvalue weighted by molar-refractivity contribution is 0.293. The molecule has 2 atom stereocenters. The number of benzene rings is 1. The largest absolute Gasteiger partial charge is 0.380 e. The first-order valence-electron chi connectivity index (χ1n) is 6.76. The highest BCUT2D eigenvalue weighted by molar-refractivity contribution is 5.48. The van der Waals surface area contributed by atoms with Gasteiger partial charge < -0.3 is 5.32 Å². The van der Waals surface area contributed by atoms with Crippen molar-refractivity contribution in [3.05, 3.63) is 29.3 Å². The number of nitrogens with one attached hydrogen (secondary N) is 1. The molecule has 1 fully saturated rings.